The maximum atomic E-state index is 12.6. The third-order valence-electron chi connectivity index (χ3n) is 4.09. The Balaban J connectivity index is 1.55. The SMILES string of the molecule is CCOC(=O)c1ccc(NC(=O)c2cc3cc4ccccc4nc3s2)cc1. The van der Waals surface area contributed by atoms with Crippen molar-refractivity contribution in [3.8, 4) is 0 Å². The van der Waals surface area contributed by atoms with Gasteiger partial charge in [-0.3, -0.25) is 4.79 Å². The molecule has 0 fully saturated rings. The summed E-state index contributed by atoms with van der Waals surface area (Å²) in [5.41, 5.74) is 1.98. The van der Waals surface area contributed by atoms with Gasteiger partial charge in [-0.15, -0.1) is 11.3 Å². The molecule has 0 aliphatic heterocycles. The second kappa shape index (κ2) is 7.17. The van der Waals surface area contributed by atoms with Crippen molar-refractivity contribution >= 4 is 50.0 Å². The Morgan fingerprint density at radius 3 is 2.59 bits per heavy atom. The Bertz CT molecular complexity index is 1100. The maximum Gasteiger partial charge on any atom is 0.338 e. The van der Waals surface area contributed by atoms with Gasteiger partial charge in [-0.05, 0) is 49.4 Å². The van der Waals surface area contributed by atoms with Crippen LogP contribution in [0.1, 0.15) is 27.0 Å². The van der Waals surface area contributed by atoms with Crippen LogP contribution in [-0.4, -0.2) is 23.5 Å². The molecule has 6 heteroatoms. The number of nitrogens with zero attached hydrogens (tertiary/aromatic N) is 1. The zero-order valence-corrected chi connectivity index (χ0v) is 15.4. The molecule has 2 aromatic heterocycles. The lowest BCUT2D eigenvalue weighted by atomic mass is 10.2. The first-order valence-electron chi connectivity index (χ1n) is 8.52. The molecule has 0 bridgehead atoms. The van der Waals surface area contributed by atoms with Gasteiger partial charge in [0.2, 0.25) is 0 Å². The number of esters is 1. The molecule has 0 saturated carbocycles. The van der Waals surface area contributed by atoms with E-state index in [2.05, 4.69) is 10.3 Å². The second-order valence-corrected chi connectivity index (χ2v) is 6.97. The Labute approximate surface area is 159 Å². The fraction of sp³-hybridized carbons (Fsp3) is 0.0952. The van der Waals surface area contributed by atoms with Crippen LogP contribution in [0.15, 0.2) is 60.7 Å². The Morgan fingerprint density at radius 1 is 1.04 bits per heavy atom. The minimum absolute atomic E-state index is 0.203. The summed E-state index contributed by atoms with van der Waals surface area (Å²) in [5.74, 6) is -0.580. The maximum absolute atomic E-state index is 12.6. The summed E-state index contributed by atoms with van der Waals surface area (Å²) in [6.07, 6.45) is 0. The number of hydrogen-bond acceptors (Lipinski definition) is 5. The lowest BCUT2D eigenvalue weighted by Crippen LogP contribution is -2.10. The zero-order chi connectivity index (χ0) is 18.8. The van der Waals surface area contributed by atoms with E-state index in [1.54, 1.807) is 31.2 Å². The predicted octanol–water partition coefficient (Wildman–Crippen LogP) is 4.88. The molecule has 0 radical (unpaired) electrons. The van der Waals surface area contributed by atoms with Crippen LogP contribution in [0.25, 0.3) is 21.1 Å². The van der Waals surface area contributed by atoms with Gasteiger partial charge in [-0.25, -0.2) is 9.78 Å². The van der Waals surface area contributed by atoms with Crippen molar-refractivity contribution in [2.45, 2.75) is 6.92 Å². The van der Waals surface area contributed by atoms with Gasteiger partial charge in [-0.1, -0.05) is 18.2 Å². The highest BCUT2D eigenvalue weighted by Crippen LogP contribution is 2.28. The number of fused-ring (bicyclic) bond motifs is 2. The molecular weight excluding hydrogens is 360 g/mol. The third-order valence-corrected chi connectivity index (χ3v) is 5.13. The quantitative estimate of drug-likeness (QED) is 0.516. The first kappa shape index (κ1) is 17.2. The van der Waals surface area contributed by atoms with E-state index < -0.39 is 0 Å². The summed E-state index contributed by atoms with van der Waals surface area (Å²) in [4.78, 5) is 30.3. The number of pyridine rings is 1. The first-order valence-corrected chi connectivity index (χ1v) is 9.33. The molecule has 27 heavy (non-hydrogen) atoms. The van der Waals surface area contributed by atoms with Crippen LogP contribution in [0.4, 0.5) is 5.69 Å². The van der Waals surface area contributed by atoms with E-state index in [0.29, 0.717) is 22.7 Å². The number of anilines is 1. The number of rotatable bonds is 4. The average molecular weight is 376 g/mol. The highest BCUT2D eigenvalue weighted by Gasteiger charge is 2.13. The van der Waals surface area contributed by atoms with Crippen LogP contribution in [0, 0.1) is 0 Å². The fourth-order valence-electron chi connectivity index (χ4n) is 2.78. The van der Waals surface area contributed by atoms with E-state index in [1.165, 1.54) is 11.3 Å². The van der Waals surface area contributed by atoms with Gasteiger partial charge < -0.3 is 10.1 Å². The van der Waals surface area contributed by atoms with Crippen LogP contribution < -0.4 is 5.32 Å². The van der Waals surface area contributed by atoms with Gasteiger partial charge in [0, 0.05) is 16.5 Å². The zero-order valence-electron chi connectivity index (χ0n) is 14.6. The minimum Gasteiger partial charge on any atom is -0.462 e. The molecule has 0 saturated heterocycles. The molecule has 4 aromatic rings. The first-order chi connectivity index (χ1) is 13.1. The van der Waals surface area contributed by atoms with Gasteiger partial charge in [0.15, 0.2) is 0 Å². The van der Waals surface area contributed by atoms with Crippen molar-refractivity contribution in [2.24, 2.45) is 0 Å². The van der Waals surface area contributed by atoms with Gasteiger partial charge >= 0.3 is 5.97 Å². The molecule has 134 valence electrons. The van der Waals surface area contributed by atoms with Crippen molar-refractivity contribution in [2.75, 3.05) is 11.9 Å². The Kier molecular flexibility index (Phi) is 4.56. The summed E-state index contributed by atoms with van der Waals surface area (Å²) in [7, 11) is 0. The van der Waals surface area contributed by atoms with Crippen molar-refractivity contribution in [1.29, 1.82) is 0 Å². The summed E-state index contributed by atoms with van der Waals surface area (Å²) in [5, 5.41) is 4.84. The topological polar surface area (TPSA) is 68.3 Å². The summed E-state index contributed by atoms with van der Waals surface area (Å²) < 4.78 is 4.95. The molecule has 0 aliphatic rings. The molecule has 1 N–H and O–H groups in total. The molecule has 2 aromatic carbocycles. The van der Waals surface area contributed by atoms with Gasteiger partial charge in [0.1, 0.15) is 4.83 Å². The molecule has 0 atom stereocenters. The lowest BCUT2D eigenvalue weighted by Gasteiger charge is -2.05. The van der Waals surface area contributed by atoms with E-state index >= 15 is 0 Å². The molecule has 0 unspecified atom stereocenters. The number of aromatic nitrogens is 1. The van der Waals surface area contributed by atoms with E-state index in [-0.39, 0.29) is 11.9 Å². The van der Waals surface area contributed by atoms with Crippen LogP contribution >= 0.6 is 11.3 Å². The number of nitrogens with one attached hydrogen (secondary N) is 1. The summed E-state index contributed by atoms with van der Waals surface area (Å²) in [6.45, 7) is 2.08. The lowest BCUT2D eigenvalue weighted by molar-refractivity contribution is 0.0526. The molecule has 0 spiro atoms. The normalized spacial score (nSPS) is 10.9. The summed E-state index contributed by atoms with van der Waals surface area (Å²) >= 11 is 1.36. The largest absolute Gasteiger partial charge is 0.462 e. The fourth-order valence-corrected chi connectivity index (χ4v) is 3.70. The Morgan fingerprint density at radius 2 is 1.81 bits per heavy atom. The van der Waals surface area contributed by atoms with Crippen molar-refractivity contribution in [1.82, 2.24) is 4.98 Å². The van der Waals surface area contributed by atoms with Crippen LogP contribution in [0.3, 0.4) is 0 Å². The highest BCUT2D eigenvalue weighted by molar-refractivity contribution is 7.20. The number of benzene rings is 2. The van der Waals surface area contributed by atoms with Crippen LogP contribution in [-0.2, 0) is 4.74 Å². The number of para-hydroxylation sites is 1. The molecular formula is C21H16N2O3S. The molecule has 1 amide bonds. The number of carbonyl (C=O) groups is 2. The van der Waals surface area contributed by atoms with Gasteiger partial charge in [0.05, 0.1) is 22.6 Å². The van der Waals surface area contributed by atoms with E-state index in [1.807, 2.05) is 36.4 Å². The minimum atomic E-state index is -0.377. The molecule has 4 rings (SSSR count). The predicted molar refractivity (Wildman–Crippen MR) is 107 cm³/mol. The van der Waals surface area contributed by atoms with Crippen molar-refractivity contribution < 1.29 is 14.3 Å². The number of hydrogen-bond donors (Lipinski definition) is 1. The molecule has 2 heterocycles. The number of carbonyl (C=O) groups excluding carboxylic acids is 2. The number of thiophene rings is 1. The van der Waals surface area contributed by atoms with Crippen molar-refractivity contribution in [3.05, 3.63) is 71.1 Å². The Hall–Kier alpha value is -3.25. The number of ether oxygens (including phenoxy) is 1. The molecule has 5 nitrogen and oxygen atoms in total. The third kappa shape index (κ3) is 3.52. The van der Waals surface area contributed by atoms with E-state index in [0.717, 1.165) is 21.1 Å². The van der Waals surface area contributed by atoms with Crippen LogP contribution in [0.2, 0.25) is 0 Å². The van der Waals surface area contributed by atoms with E-state index in [9.17, 15) is 9.59 Å². The number of amides is 1. The second-order valence-electron chi connectivity index (χ2n) is 5.94. The van der Waals surface area contributed by atoms with Gasteiger partial charge in [0.25, 0.3) is 5.91 Å². The van der Waals surface area contributed by atoms with Crippen LogP contribution in [0.5, 0.6) is 0 Å². The highest BCUT2D eigenvalue weighted by atomic mass is 32.1. The monoisotopic (exact) mass is 376 g/mol. The van der Waals surface area contributed by atoms with Crippen molar-refractivity contribution in [3.63, 3.8) is 0 Å². The average Bonchev–Trinajstić information content (AvgIpc) is 3.10. The molecule has 0 aliphatic carbocycles. The summed E-state index contributed by atoms with van der Waals surface area (Å²) in [6, 6.07) is 18.4. The van der Waals surface area contributed by atoms with Gasteiger partial charge in [-0.2, -0.15) is 0 Å². The van der Waals surface area contributed by atoms with E-state index in [4.69, 9.17) is 4.74 Å². The standard InChI is InChI=1S/C21H16N2O3S/c1-2-26-21(25)13-7-9-16(10-8-13)22-19(24)18-12-15-11-14-5-3-4-6-17(14)23-20(15)27-18/h3-12H,2H2,1H3,(H,22,24). The smallest absolute Gasteiger partial charge is 0.338 e.